The van der Waals surface area contributed by atoms with Crippen LogP contribution in [0.2, 0.25) is 0 Å². The fraction of sp³-hybridized carbons (Fsp3) is 0.429. The van der Waals surface area contributed by atoms with Gasteiger partial charge in [-0.1, -0.05) is 79.7 Å². The standard InChI is InChI=1S/C35H39F3N2O6S/c1-22-30(21-47-18-17-41)45-33(46-31(22)25-10-8-23(20-42)9-11-25)26-14-12-24(13-15-26)28-6-3-2-5-27(28)19-39-32(43)29-7-4-16-40(29)34(44)35(36,37)38/h2-3,5-6,8-15,22,29-31,33,41-42H,4,7,16-21H2,1H3,(H,39,43)/t22-,29-,30+,31+,33+/m0/s1. The highest BCUT2D eigenvalue weighted by Crippen LogP contribution is 2.42. The molecule has 2 fully saturated rings. The highest BCUT2D eigenvalue weighted by atomic mass is 32.2. The fourth-order valence-corrected chi connectivity index (χ4v) is 7.01. The molecule has 0 radical (unpaired) electrons. The summed E-state index contributed by atoms with van der Waals surface area (Å²) in [5.74, 6) is -1.28. The Hall–Kier alpha value is -3.42. The maximum absolute atomic E-state index is 13.0. The molecule has 2 amide bonds. The first-order valence-electron chi connectivity index (χ1n) is 15.6. The lowest BCUT2D eigenvalue weighted by molar-refractivity contribution is -0.268. The number of carbonyl (C=O) groups excluding carboxylic acids is 2. The molecule has 5 rings (SSSR count). The van der Waals surface area contributed by atoms with Gasteiger partial charge in [0.2, 0.25) is 5.91 Å². The van der Waals surface area contributed by atoms with Crippen molar-refractivity contribution in [1.82, 2.24) is 10.2 Å². The summed E-state index contributed by atoms with van der Waals surface area (Å²) >= 11 is 1.62. The maximum Gasteiger partial charge on any atom is 0.471 e. The van der Waals surface area contributed by atoms with Crippen molar-refractivity contribution in [3.63, 3.8) is 0 Å². The molecule has 0 spiro atoms. The molecule has 3 N–H and O–H groups in total. The summed E-state index contributed by atoms with van der Waals surface area (Å²) in [4.78, 5) is 25.3. The zero-order valence-electron chi connectivity index (χ0n) is 26.0. The molecule has 252 valence electrons. The molecule has 0 bridgehead atoms. The molecule has 2 aliphatic heterocycles. The number of hydrogen-bond acceptors (Lipinski definition) is 7. The molecule has 8 nitrogen and oxygen atoms in total. The van der Waals surface area contributed by atoms with E-state index in [0.717, 1.165) is 33.4 Å². The van der Waals surface area contributed by atoms with Gasteiger partial charge in [0.25, 0.3) is 0 Å². The summed E-state index contributed by atoms with van der Waals surface area (Å²) < 4.78 is 52.1. The molecule has 5 atom stereocenters. The summed E-state index contributed by atoms with van der Waals surface area (Å²) in [6, 6.07) is 21.7. The number of aliphatic hydroxyl groups excluding tert-OH is 2. The molecule has 3 aromatic carbocycles. The number of likely N-dealkylation sites (tertiary alicyclic amines) is 1. The zero-order chi connectivity index (χ0) is 33.6. The van der Waals surface area contributed by atoms with Gasteiger partial charge in [0.05, 0.1) is 25.4 Å². The first kappa shape index (κ1) is 34.9. The monoisotopic (exact) mass is 672 g/mol. The van der Waals surface area contributed by atoms with E-state index in [0.29, 0.717) is 22.8 Å². The number of benzene rings is 3. The van der Waals surface area contributed by atoms with Gasteiger partial charge in [0.15, 0.2) is 6.29 Å². The minimum Gasteiger partial charge on any atom is -0.396 e. The summed E-state index contributed by atoms with van der Waals surface area (Å²) in [5.41, 5.74) is 5.09. The van der Waals surface area contributed by atoms with Gasteiger partial charge in [-0.2, -0.15) is 24.9 Å². The van der Waals surface area contributed by atoms with Crippen LogP contribution in [0.1, 0.15) is 54.4 Å². The SMILES string of the molecule is C[C@H]1[C@@H](CSCCO)O[C@@H](c2ccc(-c3ccccc3CNC(=O)[C@@H]3CCCN3C(=O)C(F)(F)F)cc2)O[C@H]1c1ccc(CO)cc1. The number of nitrogens with zero attached hydrogens (tertiary/aromatic N) is 1. The average Bonchev–Trinajstić information content (AvgIpc) is 3.58. The highest BCUT2D eigenvalue weighted by molar-refractivity contribution is 7.99. The number of hydrogen-bond donors (Lipinski definition) is 3. The van der Waals surface area contributed by atoms with Gasteiger partial charge in [-0.25, -0.2) is 0 Å². The topological polar surface area (TPSA) is 108 Å². The number of alkyl halides is 3. The largest absolute Gasteiger partial charge is 0.471 e. The Balaban J connectivity index is 1.30. The normalized spacial score (nSPS) is 23.1. The Morgan fingerprint density at radius 1 is 0.979 bits per heavy atom. The van der Waals surface area contributed by atoms with Crippen LogP contribution in [-0.2, 0) is 32.2 Å². The second-order valence-corrected chi connectivity index (χ2v) is 12.9. The number of aliphatic hydroxyl groups is 2. The minimum absolute atomic E-state index is 0.0293. The zero-order valence-corrected chi connectivity index (χ0v) is 26.8. The fourth-order valence-electron chi connectivity index (χ4n) is 6.10. The van der Waals surface area contributed by atoms with Crippen LogP contribution in [0, 0.1) is 5.92 Å². The smallest absolute Gasteiger partial charge is 0.396 e. The number of ether oxygens (including phenoxy) is 2. The van der Waals surface area contributed by atoms with E-state index in [1.165, 1.54) is 0 Å². The number of thioether (sulfide) groups is 1. The lowest BCUT2D eigenvalue weighted by Crippen LogP contribution is -2.50. The lowest BCUT2D eigenvalue weighted by atomic mass is 9.91. The molecule has 0 aromatic heterocycles. The van der Waals surface area contributed by atoms with Gasteiger partial charge in [-0.3, -0.25) is 9.59 Å². The molecule has 3 aromatic rings. The van der Waals surface area contributed by atoms with E-state index in [4.69, 9.17) is 9.47 Å². The molecule has 47 heavy (non-hydrogen) atoms. The van der Waals surface area contributed by atoms with Crippen LogP contribution in [-0.4, -0.2) is 69.9 Å². The van der Waals surface area contributed by atoms with E-state index >= 15 is 0 Å². The van der Waals surface area contributed by atoms with Crippen LogP contribution in [0.3, 0.4) is 0 Å². The van der Waals surface area contributed by atoms with Gasteiger partial charge < -0.3 is 29.9 Å². The van der Waals surface area contributed by atoms with E-state index in [-0.39, 0.29) is 50.8 Å². The Bertz CT molecular complexity index is 1500. The molecule has 0 aliphatic carbocycles. The molecule has 0 unspecified atom stereocenters. The number of halogens is 3. The Morgan fingerprint density at radius 2 is 1.68 bits per heavy atom. The van der Waals surface area contributed by atoms with Crippen LogP contribution >= 0.6 is 11.8 Å². The summed E-state index contributed by atoms with van der Waals surface area (Å²) in [6.45, 7) is 2.10. The summed E-state index contributed by atoms with van der Waals surface area (Å²) in [5, 5.41) is 21.5. The number of carbonyl (C=O) groups is 2. The van der Waals surface area contributed by atoms with Gasteiger partial charge in [0, 0.05) is 36.1 Å². The van der Waals surface area contributed by atoms with E-state index in [1.54, 1.807) is 11.8 Å². The number of rotatable bonds is 11. The summed E-state index contributed by atoms with van der Waals surface area (Å²) in [7, 11) is 0. The molecule has 12 heteroatoms. The van der Waals surface area contributed by atoms with E-state index < -0.39 is 30.3 Å². The minimum atomic E-state index is -5.03. The number of nitrogens with one attached hydrogen (secondary N) is 1. The van der Waals surface area contributed by atoms with Crippen molar-refractivity contribution in [2.24, 2.45) is 5.92 Å². The van der Waals surface area contributed by atoms with Gasteiger partial charge in [0.1, 0.15) is 6.04 Å². The van der Waals surface area contributed by atoms with Gasteiger partial charge >= 0.3 is 12.1 Å². The first-order valence-corrected chi connectivity index (χ1v) is 16.8. The van der Waals surface area contributed by atoms with Crippen molar-refractivity contribution in [2.75, 3.05) is 24.7 Å². The van der Waals surface area contributed by atoms with Crippen molar-refractivity contribution in [3.05, 3.63) is 95.1 Å². The van der Waals surface area contributed by atoms with Crippen molar-refractivity contribution in [1.29, 1.82) is 0 Å². The molecule has 2 heterocycles. The van der Waals surface area contributed by atoms with Gasteiger partial charge in [-0.15, -0.1) is 0 Å². The predicted octanol–water partition coefficient (Wildman–Crippen LogP) is 5.53. The second kappa shape index (κ2) is 15.7. The van der Waals surface area contributed by atoms with Crippen LogP contribution in [0.25, 0.3) is 11.1 Å². The number of amides is 2. The van der Waals surface area contributed by atoms with E-state index in [9.17, 15) is 33.0 Å². The predicted molar refractivity (Wildman–Crippen MR) is 172 cm³/mol. The van der Waals surface area contributed by atoms with E-state index in [2.05, 4.69) is 12.2 Å². The van der Waals surface area contributed by atoms with E-state index in [1.807, 2.05) is 72.8 Å². The Kier molecular flexibility index (Phi) is 11.6. The van der Waals surface area contributed by atoms with Crippen LogP contribution in [0.5, 0.6) is 0 Å². The molecule has 2 saturated heterocycles. The van der Waals surface area contributed by atoms with Crippen LogP contribution in [0.15, 0.2) is 72.8 Å². The Labute approximate surface area is 276 Å². The lowest BCUT2D eigenvalue weighted by Gasteiger charge is -2.41. The van der Waals surface area contributed by atoms with Crippen molar-refractivity contribution >= 4 is 23.6 Å². The van der Waals surface area contributed by atoms with Crippen LogP contribution in [0.4, 0.5) is 13.2 Å². The van der Waals surface area contributed by atoms with Crippen molar-refractivity contribution < 1.29 is 42.4 Å². The molecule has 0 saturated carbocycles. The first-order chi connectivity index (χ1) is 22.6. The third-order valence-electron chi connectivity index (χ3n) is 8.66. The van der Waals surface area contributed by atoms with Crippen molar-refractivity contribution in [2.45, 2.75) is 63.6 Å². The Morgan fingerprint density at radius 3 is 2.36 bits per heavy atom. The molecule has 2 aliphatic rings. The quantitative estimate of drug-likeness (QED) is 0.230. The maximum atomic E-state index is 13.0. The second-order valence-electron chi connectivity index (χ2n) is 11.8. The molecular formula is C35H39F3N2O6S. The third kappa shape index (κ3) is 8.36. The highest BCUT2D eigenvalue weighted by Gasteiger charge is 2.47. The average molecular weight is 673 g/mol. The summed E-state index contributed by atoms with van der Waals surface area (Å²) in [6.07, 6.45) is -5.57. The third-order valence-corrected chi connectivity index (χ3v) is 9.70. The molecular weight excluding hydrogens is 633 g/mol. The van der Waals surface area contributed by atoms with Crippen LogP contribution < -0.4 is 5.32 Å². The van der Waals surface area contributed by atoms with Gasteiger partial charge in [-0.05, 0) is 40.7 Å². The van der Waals surface area contributed by atoms with Crippen molar-refractivity contribution in [3.8, 4) is 11.1 Å².